The van der Waals surface area contributed by atoms with Gasteiger partial charge in [-0.05, 0) is 23.8 Å². The molecule has 3 N–H and O–H groups in total. The number of carbonyl (C=O) groups excluding carboxylic acids is 1. The normalized spacial score (nSPS) is 12.0. The summed E-state index contributed by atoms with van der Waals surface area (Å²) < 4.78 is 21.1. The van der Waals surface area contributed by atoms with Crippen molar-refractivity contribution in [3.8, 4) is 5.75 Å². The quantitative estimate of drug-likeness (QED) is 0.561. The zero-order valence-electron chi connectivity index (χ0n) is 15.9. The van der Waals surface area contributed by atoms with Crippen molar-refractivity contribution in [1.82, 2.24) is 14.9 Å². The lowest BCUT2D eigenvalue weighted by Gasteiger charge is -2.16. The maximum atomic E-state index is 13.7. The number of nitrogens with zero attached hydrogens (tertiary/aromatic N) is 2. The van der Waals surface area contributed by atoms with Crippen LogP contribution in [0.2, 0.25) is 5.02 Å². The van der Waals surface area contributed by atoms with Crippen LogP contribution in [-0.4, -0.2) is 21.5 Å². The minimum Gasteiger partial charge on any atom is -0.489 e. The Morgan fingerprint density at radius 3 is 2.76 bits per heavy atom. The molecule has 0 radical (unpaired) electrons. The van der Waals surface area contributed by atoms with Crippen LogP contribution in [0.15, 0.2) is 55.0 Å². The number of hydrogen-bond acceptors (Lipinski definition) is 4. The van der Waals surface area contributed by atoms with Gasteiger partial charge >= 0.3 is 0 Å². The summed E-state index contributed by atoms with van der Waals surface area (Å²) in [5.74, 6) is -0.235. The van der Waals surface area contributed by atoms with Crippen LogP contribution >= 0.6 is 11.6 Å². The molecule has 3 rings (SSSR count). The lowest BCUT2D eigenvalue weighted by atomic mass is 10.1. The predicted octanol–water partition coefficient (Wildman–Crippen LogP) is 2.98. The number of amides is 1. The van der Waals surface area contributed by atoms with Crippen LogP contribution in [0.4, 0.5) is 4.39 Å². The Kier molecular flexibility index (Phi) is 6.85. The van der Waals surface area contributed by atoms with E-state index in [1.54, 1.807) is 48.9 Å². The van der Waals surface area contributed by atoms with E-state index in [1.165, 1.54) is 6.07 Å². The van der Waals surface area contributed by atoms with Crippen molar-refractivity contribution in [2.24, 2.45) is 12.8 Å². The van der Waals surface area contributed by atoms with Crippen molar-refractivity contribution in [2.75, 3.05) is 0 Å². The van der Waals surface area contributed by atoms with Crippen LogP contribution in [0.3, 0.4) is 0 Å². The lowest BCUT2D eigenvalue weighted by molar-refractivity contribution is -0.120. The van der Waals surface area contributed by atoms with E-state index in [4.69, 9.17) is 22.1 Å². The molecule has 0 saturated heterocycles. The summed E-state index contributed by atoms with van der Waals surface area (Å²) in [5, 5.41) is 3.62. The number of nitrogens with one attached hydrogen (secondary N) is 1. The van der Waals surface area contributed by atoms with Crippen molar-refractivity contribution < 1.29 is 13.9 Å². The first-order valence-electron chi connectivity index (χ1n) is 9.06. The fourth-order valence-corrected chi connectivity index (χ4v) is 3.07. The number of primary amides is 1. The van der Waals surface area contributed by atoms with Gasteiger partial charge in [0.25, 0.3) is 0 Å². The van der Waals surface area contributed by atoms with Crippen LogP contribution in [0, 0.1) is 5.82 Å². The summed E-state index contributed by atoms with van der Waals surface area (Å²) in [6.45, 7) is 0.465. The van der Waals surface area contributed by atoms with Gasteiger partial charge in [-0.2, -0.15) is 0 Å². The van der Waals surface area contributed by atoms with Gasteiger partial charge in [0.2, 0.25) is 5.91 Å². The molecule has 1 aromatic heterocycles. The van der Waals surface area contributed by atoms with Crippen molar-refractivity contribution in [1.29, 1.82) is 0 Å². The molecule has 6 nitrogen and oxygen atoms in total. The zero-order chi connectivity index (χ0) is 20.8. The predicted molar refractivity (Wildman–Crippen MR) is 109 cm³/mol. The van der Waals surface area contributed by atoms with Gasteiger partial charge in [-0.3, -0.25) is 4.79 Å². The molecule has 152 valence electrons. The van der Waals surface area contributed by atoms with E-state index in [0.717, 1.165) is 11.3 Å². The van der Waals surface area contributed by atoms with E-state index < -0.39 is 11.9 Å². The number of ether oxygens (including phenoxy) is 1. The highest BCUT2D eigenvalue weighted by molar-refractivity contribution is 6.31. The third kappa shape index (κ3) is 5.56. The summed E-state index contributed by atoms with van der Waals surface area (Å²) in [6, 6.07) is 11.1. The summed E-state index contributed by atoms with van der Waals surface area (Å²) in [5.41, 5.74) is 7.67. The Morgan fingerprint density at radius 2 is 2.10 bits per heavy atom. The first kappa shape index (κ1) is 20.8. The van der Waals surface area contributed by atoms with E-state index in [-0.39, 0.29) is 12.4 Å². The topological polar surface area (TPSA) is 82.2 Å². The number of aromatic nitrogens is 2. The number of aryl methyl sites for hydroxylation is 1. The molecule has 1 heterocycles. The number of nitrogens with two attached hydrogens (primary N) is 1. The highest BCUT2D eigenvalue weighted by Crippen LogP contribution is 2.24. The monoisotopic (exact) mass is 416 g/mol. The van der Waals surface area contributed by atoms with Crippen LogP contribution in [0.25, 0.3) is 0 Å². The maximum Gasteiger partial charge on any atom is 0.234 e. The lowest BCUT2D eigenvalue weighted by Crippen LogP contribution is -2.42. The first-order valence-corrected chi connectivity index (χ1v) is 9.44. The minimum absolute atomic E-state index is 0.106. The highest BCUT2D eigenvalue weighted by Gasteiger charge is 2.17. The summed E-state index contributed by atoms with van der Waals surface area (Å²) >= 11 is 6.35. The molecule has 3 aromatic rings. The Balaban J connectivity index is 1.60. The molecule has 29 heavy (non-hydrogen) atoms. The van der Waals surface area contributed by atoms with Gasteiger partial charge in [0.1, 0.15) is 18.2 Å². The largest absolute Gasteiger partial charge is 0.489 e. The number of carbonyl (C=O) groups is 1. The Labute approximate surface area is 173 Å². The van der Waals surface area contributed by atoms with Crippen molar-refractivity contribution in [2.45, 2.75) is 25.6 Å². The van der Waals surface area contributed by atoms with Gasteiger partial charge in [-0.15, -0.1) is 0 Å². The molecule has 2 aromatic carbocycles. The Bertz CT molecular complexity index is 992. The summed E-state index contributed by atoms with van der Waals surface area (Å²) in [4.78, 5) is 15.8. The van der Waals surface area contributed by atoms with Crippen molar-refractivity contribution >= 4 is 17.5 Å². The van der Waals surface area contributed by atoms with Crippen LogP contribution in [-0.2, 0) is 31.4 Å². The van der Waals surface area contributed by atoms with E-state index in [0.29, 0.717) is 29.3 Å². The molecular formula is C21H22ClFN4O2. The third-order valence-corrected chi connectivity index (χ3v) is 4.94. The molecule has 0 aliphatic heterocycles. The molecule has 0 fully saturated rings. The fourth-order valence-electron chi connectivity index (χ4n) is 2.83. The van der Waals surface area contributed by atoms with Crippen molar-refractivity contribution in [3.63, 3.8) is 0 Å². The third-order valence-electron chi connectivity index (χ3n) is 4.59. The number of hydrogen-bond donors (Lipinski definition) is 2. The Hall–Kier alpha value is -2.90. The van der Waals surface area contributed by atoms with E-state index in [2.05, 4.69) is 10.3 Å². The SMILES string of the molecule is Cn1cncc1CC(NCc1ccc(OCc2ccccc2F)cc1Cl)C(N)=O. The van der Waals surface area contributed by atoms with E-state index >= 15 is 0 Å². The number of benzene rings is 2. The van der Waals surface area contributed by atoms with Crippen molar-refractivity contribution in [3.05, 3.63) is 82.6 Å². The van der Waals surface area contributed by atoms with Gasteiger partial charge in [0, 0.05) is 42.5 Å². The van der Waals surface area contributed by atoms with E-state index in [1.807, 2.05) is 11.6 Å². The van der Waals surface area contributed by atoms with Gasteiger partial charge in [0.05, 0.1) is 12.4 Å². The van der Waals surface area contributed by atoms with E-state index in [9.17, 15) is 9.18 Å². The van der Waals surface area contributed by atoms with Gasteiger partial charge in [0.15, 0.2) is 0 Å². The molecule has 1 amide bonds. The maximum absolute atomic E-state index is 13.7. The Morgan fingerprint density at radius 1 is 1.31 bits per heavy atom. The van der Waals surface area contributed by atoms with Crippen LogP contribution in [0.1, 0.15) is 16.8 Å². The fraction of sp³-hybridized carbons (Fsp3) is 0.238. The minimum atomic E-state index is -0.557. The summed E-state index contributed by atoms with van der Waals surface area (Å²) in [7, 11) is 1.86. The smallest absolute Gasteiger partial charge is 0.234 e. The molecular weight excluding hydrogens is 395 g/mol. The standard InChI is InChI=1S/C21H22ClFN4O2/c1-27-13-25-11-16(27)8-20(21(24)28)26-10-14-6-7-17(9-18(14)22)29-12-15-4-2-3-5-19(15)23/h2-7,9,11,13,20,26H,8,10,12H2,1H3,(H2,24,28). The van der Waals surface area contributed by atoms with Gasteiger partial charge in [-0.25, -0.2) is 9.37 Å². The molecule has 0 aliphatic carbocycles. The van der Waals surface area contributed by atoms with Crippen LogP contribution in [0.5, 0.6) is 5.75 Å². The van der Waals surface area contributed by atoms with Gasteiger partial charge in [-0.1, -0.05) is 35.9 Å². The molecule has 0 saturated carbocycles. The molecule has 0 aliphatic rings. The summed E-state index contributed by atoms with van der Waals surface area (Å²) in [6.07, 6.45) is 3.80. The van der Waals surface area contributed by atoms with Gasteiger partial charge < -0.3 is 20.4 Å². The molecule has 8 heteroatoms. The average molecular weight is 417 g/mol. The zero-order valence-corrected chi connectivity index (χ0v) is 16.7. The number of imidazole rings is 1. The second-order valence-corrected chi connectivity index (χ2v) is 7.08. The molecule has 1 unspecified atom stereocenters. The van der Waals surface area contributed by atoms with Crippen LogP contribution < -0.4 is 15.8 Å². The second kappa shape index (κ2) is 9.54. The number of halogens is 2. The number of rotatable bonds is 9. The average Bonchev–Trinajstić information content (AvgIpc) is 3.10. The molecule has 1 atom stereocenters. The second-order valence-electron chi connectivity index (χ2n) is 6.67. The molecule has 0 spiro atoms. The molecule has 0 bridgehead atoms. The first-order chi connectivity index (χ1) is 13.9. The highest BCUT2D eigenvalue weighted by atomic mass is 35.5.